The van der Waals surface area contributed by atoms with Crippen molar-refractivity contribution in [3.05, 3.63) is 70.6 Å². The first-order valence-corrected chi connectivity index (χ1v) is 11.4. The Balaban J connectivity index is 1.40. The lowest BCUT2D eigenvalue weighted by Crippen LogP contribution is -2.35. The summed E-state index contributed by atoms with van der Waals surface area (Å²) in [6, 6.07) is 14.5. The van der Waals surface area contributed by atoms with Crippen molar-refractivity contribution in [1.29, 1.82) is 0 Å². The van der Waals surface area contributed by atoms with E-state index in [1.165, 1.54) is 0 Å². The number of rotatable bonds is 5. The predicted molar refractivity (Wildman–Crippen MR) is 123 cm³/mol. The van der Waals surface area contributed by atoms with Gasteiger partial charge in [0.05, 0.1) is 10.7 Å². The average molecular weight is 450 g/mol. The molecule has 7 heteroatoms. The van der Waals surface area contributed by atoms with E-state index in [0.29, 0.717) is 27.9 Å². The Labute approximate surface area is 191 Å². The molecule has 0 radical (unpaired) electrons. The van der Waals surface area contributed by atoms with E-state index in [4.69, 9.17) is 16.0 Å². The van der Waals surface area contributed by atoms with E-state index in [1.54, 1.807) is 18.2 Å². The van der Waals surface area contributed by atoms with Crippen LogP contribution in [0.1, 0.15) is 64.6 Å². The minimum Gasteiger partial charge on any atom is -0.440 e. The third kappa shape index (κ3) is 4.28. The topological polar surface area (TPSA) is 75.4 Å². The van der Waals surface area contributed by atoms with E-state index in [-0.39, 0.29) is 23.4 Å². The lowest BCUT2D eigenvalue weighted by Gasteiger charge is -2.27. The molecule has 1 aliphatic heterocycles. The zero-order valence-electron chi connectivity index (χ0n) is 17.6. The number of carbonyl (C=O) groups excluding carboxylic acids is 2. The fourth-order valence-electron chi connectivity index (χ4n) is 4.04. The Morgan fingerprint density at radius 2 is 1.78 bits per heavy atom. The molecule has 1 aromatic heterocycles. The molecule has 2 aliphatic rings. The number of carbonyl (C=O) groups is 2. The minimum atomic E-state index is -0.387. The smallest absolute Gasteiger partial charge is 0.277 e. The molecule has 6 nitrogen and oxygen atoms in total. The van der Waals surface area contributed by atoms with Crippen molar-refractivity contribution >= 4 is 29.1 Å². The molecular formula is C25H24ClN3O3. The number of piperidine rings is 1. The van der Waals surface area contributed by atoms with Crippen LogP contribution in [0.4, 0.5) is 5.69 Å². The maximum atomic E-state index is 13.2. The van der Waals surface area contributed by atoms with Gasteiger partial charge in [0.1, 0.15) is 5.76 Å². The van der Waals surface area contributed by atoms with Gasteiger partial charge in [-0.2, -0.15) is 0 Å². The lowest BCUT2D eigenvalue weighted by atomic mass is 10.1. The van der Waals surface area contributed by atoms with Crippen LogP contribution in [0.15, 0.2) is 52.9 Å². The Hall–Kier alpha value is -3.12. The standard InChI is InChI=1S/C25H24ClN3O3/c26-19-12-11-18(25(31)29-13-5-2-6-14-29)15-20(19)27-23(30)21-22(16-9-10-16)32-24(28-21)17-7-3-1-4-8-17/h1,3-4,7-8,11-12,15-16H,2,5-6,9-10,13-14H2,(H,27,30). The van der Waals surface area contributed by atoms with Crippen molar-refractivity contribution in [2.24, 2.45) is 0 Å². The number of aromatic nitrogens is 1. The van der Waals surface area contributed by atoms with Crippen LogP contribution in [0.25, 0.3) is 11.5 Å². The Morgan fingerprint density at radius 1 is 1.03 bits per heavy atom. The highest BCUT2D eigenvalue weighted by atomic mass is 35.5. The average Bonchev–Trinajstić information content (AvgIpc) is 3.59. The van der Waals surface area contributed by atoms with Gasteiger partial charge in [0.15, 0.2) is 5.69 Å². The number of hydrogen-bond acceptors (Lipinski definition) is 4. The molecule has 164 valence electrons. The Kier molecular flexibility index (Phi) is 5.70. The molecule has 2 heterocycles. The second-order valence-electron chi connectivity index (χ2n) is 8.37. The number of amides is 2. The summed E-state index contributed by atoms with van der Waals surface area (Å²) in [6.45, 7) is 1.52. The summed E-state index contributed by atoms with van der Waals surface area (Å²) in [5.41, 5.74) is 2.00. The van der Waals surface area contributed by atoms with Crippen LogP contribution in [-0.2, 0) is 0 Å². The molecule has 0 spiro atoms. The fraction of sp³-hybridized carbons (Fsp3) is 0.320. The van der Waals surface area contributed by atoms with E-state index in [2.05, 4.69) is 10.3 Å². The highest BCUT2D eigenvalue weighted by molar-refractivity contribution is 6.34. The Morgan fingerprint density at radius 3 is 2.50 bits per heavy atom. The summed E-state index contributed by atoms with van der Waals surface area (Å²) in [7, 11) is 0. The van der Waals surface area contributed by atoms with Crippen molar-refractivity contribution in [1.82, 2.24) is 9.88 Å². The molecule has 0 unspecified atom stereocenters. The summed E-state index contributed by atoms with van der Waals surface area (Å²) in [5.74, 6) is 0.824. The number of hydrogen-bond donors (Lipinski definition) is 1. The maximum Gasteiger partial charge on any atom is 0.277 e. The molecule has 3 aromatic rings. The van der Waals surface area contributed by atoms with Gasteiger partial charge in [-0.25, -0.2) is 4.98 Å². The minimum absolute atomic E-state index is 0.0386. The zero-order chi connectivity index (χ0) is 22.1. The van der Waals surface area contributed by atoms with Crippen LogP contribution in [0.5, 0.6) is 0 Å². The molecular weight excluding hydrogens is 426 g/mol. The van der Waals surface area contributed by atoms with Crippen molar-refractivity contribution in [2.75, 3.05) is 18.4 Å². The summed E-state index contributed by atoms with van der Waals surface area (Å²) in [4.78, 5) is 32.4. The first kappa shape index (κ1) is 20.8. The van der Waals surface area contributed by atoms with E-state index in [0.717, 1.165) is 50.8 Å². The van der Waals surface area contributed by atoms with Gasteiger partial charge in [0, 0.05) is 30.1 Å². The third-order valence-corrected chi connectivity index (χ3v) is 6.27. The second-order valence-corrected chi connectivity index (χ2v) is 8.78. The van der Waals surface area contributed by atoms with Crippen LogP contribution in [0, 0.1) is 0 Å². The fourth-order valence-corrected chi connectivity index (χ4v) is 4.20. The maximum absolute atomic E-state index is 13.2. The summed E-state index contributed by atoms with van der Waals surface area (Å²) in [5, 5.41) is 3.22. The highest BCUT2D eigenvalue weighted by Gasteiger charge is 2.34. The van der Waals surface area contributed by atoms with Crippen molar-refractivity contribution in [3.8, 4) is 11.5 Å². The molecule has 32 heavy (non-hydrogen) atoms. The van der Waals surface area contributed by atoms with Gasteiger partial charge in [-0.05, 0) is 62.4 Å². The number of anilines is 1. The Bertz CT molecular complexity index is 1150. The summed E-state index contributed by atoms with van der Waals surface area (Å²) >= 11 is 6.35. The van der Waals surface area contributed by atoms with Crippen LogP contribution >= 0.6 is 11.6 Å². The second kappa shape index (κ2) is 8.79. The monoisotopic (exact) mass is 449 g/mol. The first-order chi connectivity index (χ1) is 15.6. The first-order valence-electron chi connectivity index (χ1n) is 11.1. The van der Waals surface area contributed by atoms with Crippen LogP contribution in [0.2, 0.25) is 5.02 Å². The normalized spacial score (nSPS) is 16.1. The molecule has 1 N–H and O–H groups in total. The molecule has 0 bridgehead atoms. The van der Waals surface area contributed by atoms with Gasteiger partial charge in [-0.15, -0.1) is 0 Å². The molecule has 2 aromatic carbocycles. The number of nitrogens with zero attached hydrogens (tertiary/aromatic N) is 2. The molecule has 0 atom stereocenters. The van der Waals surface area contributed by atoms with Gasteiger partial charge in [-0.1, -0.05) is 29.8 Å². The van der Waals surface area contributed by atoms with Crippen LogP contribution < -0.4 is 5.32 Å². The lowest BCUT2D eigenvalue weighted by molar-refractivity contribution is 0.0724. The molecule has 1 aliphatic carbocycles. The summed E-state index contributed by atoms with van der Waals surface area (Å²) < 4.78 is 5.99. The highest BCUT2D eigenvalue weighted by Crippen LogP contribution is 2.43. The van der Waals surface area contributed by atoms with Gasteiger partial charge < -0.3 is 14.6 Å². The van der Waals surface area contributed by atoms with Crippen molar-refractivity contribution in [3.63, 3.8) is 0 Å². The number of oxazole rings is 1. The van der Waals surface area contributed by atoms with E-state index < -0.39 is 0 Å². The molecule has 2 amide bonds. The van der Waals surface area contributed by atoms with Crippen LogP contribution in [0.3, 0.4) is 0 Å². The number of nitrogens with one attached hydrogen (secondary N) is 1. The molecule has 2 fully saturated rings. The van der Waals surface area contributed by atoms with E-state index >= 15 is 0 Å². The SMILES string of the molecule is O=C(Nc1cc(C(=O)N2CCCCC2)ccc1Cl)c1nc(-c2ccccc2)oc1C1CC1. The number of benzene rings is 2. The predicted octanol–water partition coefficient (Wildman–Crippen LogP) is 5.75. The quantitative estimate of drug-likeness (QED) is 0.538. The molecule has 1 saturated heterocycles. The van der Waals surface area contributed by atoms with Gasteiger partial charge in [0.2, 0.25) is 5.89 Å². The largest absolute Gasteiger partial charge is 0.440 e. The molecule has 5 rings (SSSR count). The van der Waals surface area contributed by atoms with Gasteiger partial charge in [0.25, 0.3) is 11.8 Å². The third-order valence-electron chi connectivity index (χ3n) is 5.94. The van der Waals surface area contributed by atoms with Crippen LogP contribution in [-0.4, -0.2) is 34.8 Å². The number of halogens is 1. The van der Waals surface area contributed by atoms with Gasteiger partial charge in [-0.3, -0.25) is 9.59 Å². The van der Waals surface area contributed by atoms with Crippen molar-refractivity contribution < 1.29 is 14.0 Å². The van der Waals surface area contributed by atoms with Gasteiger partial charge >= 0.3 is 0 Å². The van der Waals surface area contributed by atoms with Crippen molar-refractivity contribution in [2.45, 2.75) is 38.0 Å². The number of likely N-dealkylation sites (tertiary alicyclic amines) is 1. The van der Waals surface area contributed by atoms with E-state index in [1.807, 2.05) is 35.2 Å². The summed E-state index contributed by atoms with van der Waals surface area (Å²) in [6.07, 6.45) is 5.14. The zero-order valence-corrected chi connectivity index (χ0v) is 18.4. The van der Waals surface area contributed by atoms with E-state index in [9.17, 15) is 9.59 Å². The molecule has 1 saturated carbocycles.